The lowest BCUT2D eigenvalue weighted by molar-refractivity contribution is 0.102. The van der Waals surface area contributed by atoms with Crippen LogP contribution in [0.4, 0.5) is 10.1 Å². The first-order valence-corrected chi connectivity index (χ1v) is 7.40. The molecule has 2 aromatic carbocycles. The highest BCUT2D eigenvalue weighted by Gasteiger charge is 2.09. The van der Waals surface area contributed by atoms with Crippen molar-refractivity contribution in [1.82, 2.24) is 4.98 Å². The molecule has 0 aliphatic rings. The summed E-state index contributed by atoms with van der Waals surface area (Å²) in [6.07, 6.45) is 1.88. The molecule has 0 bridgehead atoms. The number of hydrogen-bond acceptors (Lipinski definition) is 4. The molecule has 0 saturated heterocycles. The number of carbonyl (C=O) groups excluding carboxylic acids is 1. The minimum absolute atomic E-state index is 0.307. The molecule has 1 amide bonds. The summed E-state index contributed by atoms with van der Waals surface area (Å²) in [4.78, 5) is 16.3. The number of aromatic nitrogens is 1. The Hall–Kier alpha value is -2.34. The Morgan fingerprint density at radius 2 is 2.00 bits per heavy atom. The predicted octanol–water partition coefficient (Wildman–Crippen LogP) is 3.94. The number of fused-ring (bicyclic) bond motifs is 1. The van der Waals surface area contributed by atoms with E-state index in [1.807, 2.05) is 6.26 Å². The van der Waals surface area contributed by atoms with Gasteiger partial charge in [-0.1, -0.05) is 11.8 Å². The zero-order valence-corrected chi connectivity index (χ0v) is 11.9. The number of hydrogen-bond donors (Lipinski definition) is 1. The van der Waals surface area contributed by atoms with Crippen LogP contribution in [0.2, 0.25) is 0 Å². The molecule has 1 N–H and O–H groups in total. The Balaban J connectivity index is 1.83. The maximum Gasteiger partial charge on any atom is 0.256 e. The van der Waals surface area contributed by atoms with Crippen molar-refractivity contribution in [3.63, 3.8) is 0 Å². The lowest BCUT2D eigenvalue weighted by atomic mass is 10.2. The molecule has 1 heterocycles. The van der Waals surface area contributed by atoms with Gasteiger partial charge in [0.15, 0.2) is 5.58 Å². The fraction of sp³-hybridized carbons (Fsp3) is 0.0667. The molecular formula is C15H11FN2O2S. The second-order valence-corrected chi connectivity index (χ2v) is 5.08. The molecule has 0 unspecified atom stereocenters. The van der Waals surface area contributed by atoms with Gasteiger partial charge in [-0.05, 0) is 42.7 Å². The second kappa shape index (κ2) is 5.57. The number of nitrogens with one attached hydrogen (secondary N) is 1. The van der Waals surface area contributed by atoms with Crippen LogP contribution in [0.15, 0.2) is 52.1 Å². The van der Waals surface area contributed by atoms with Gasteiger partial charge in [0.25, 0.3) is 11.1 Å². The molecule has 6 heteroatoms. The maximum absolute atomic E-state index is 12.8. The number of amides is 1. The monoisotopic (exact) mass is 302 g/mol. The van der Waals surface area contributed by atoms with E-state index >= 15 is 0 Å². The molecule has 0 saturated carbocycles. The first-order valence-electron chi connectivity index (χ1n) is 6.17. The average Bonchev–Trinajstić information content (AvgIpc) is 2.90. The minimum atomic E-state index is -0.376. The molecule has 4 nitrogen and oxygen atoms in total. The van der Waals surface area contributed by atoms with Crippen molar-refractivity contribution < 1.29 is 13.6 Å². The van der Waals surface area contributed by atoms with E-state index in [1.54, 1.807) is 18.2 Å². The molecule has 3 rings (SSSR count). The lowest BCUT2D eigenvalue weighted by Crippen LogP contribution is -2.11. The van der Waals surface area contributed by atoms with Crippen LogP contribution in [0, 0.1) is 5.82 Å². The number of carbonyl (C=O) groups is 1. The third-order valence-corrected chi connectivity index (χ3v) is 3.43. The standard InChI is InChI=1S/C15H11FN2O2S/c1-21-15-18-12-7-6-11(8-13(12)20-15)17-14(19)9-2-4-10(16)5-3-9/h2-8H,1H3,(H,17,19). The minimum Gasteiger partial charge on any atom is -0.431 e. The highest BCUT2D eigenvalue weighted by molar-refractivity contribution is 7.98. The number of oxazole rings is 1. The largest absolute Gasteiger partial charge is 0.431 e. The number of benzene rings is 2. The van der Waals surface area contributed by atoms with Gasteiger partial charge in [0, 0.05) is 17.3 Å². The van der Waals surface area contributed by atoms with Crippen LogP contribution in [0.25, 0.3) is 11.1 Å². The first kappa shape index (κ1) is 13.6. The van der Waals surface area contributed by atoms with Crippen molar-refractivity contribution in [2.75, 3.05) is 11.6 Å². The molecular weight excluding hydrogens is 291 g/mol. The number of halogens is 1. The van der Waals surface area contributed by atoms with Gasteiger partial charge in [-0.2, -0.15) is 0 Å². The van der Waals surface area contributed by atoms with Crippen LogP contribution in [0.3, 0.4) is 0 Å². The van der Waals surface area contributed by atoms with Gasteiger partial charge in [-0.25, -0.2) is 9.37 Å². The molecule has 3 aromatic rings. The van der Waals surface area contributed by atoms with Crippen molar-refractivity contribution >= 4 is 34.5 Å². The van der Waals surface area contributed by atoms with E-state index < -0.39 is 0 Å². The molecule has 0 aliphatic carbocycles. The normalized spacial score (nSPS) is 10.8. The van der Waals surface area contributed by atoms with Gasteiger partial charge in [-0.3, -0.25) is 4.79 Å². The Kier molecular flexibility index (Phi) is 3.62. The van der Waals surface area contributed by atoms with E-state index in [2.05, 4.69) is 10.3 Å². The Morgan fingerprint density at radius 1 is 1.24 bits per heavy atom. The van der Waals surface area contributed by atoms with Crippen LogP contribution in [0.1, 0.15) is 10.4 Å². The lowest BCUT2D eigenvalue weighted by Gasteiger charge is -2.04. The molecule has 0 aliphatic heterocycles. The number of nitrogens with zero attached hydrogens (tertiary/aromatic N) is 1. The van der Waals surface area contributed by atoms with Gasteiger partial charge >= 0.3 is 0 Å². The molecule has 0 fully saturated rings. The van der Waals surface area contributed by atoms with Crippen molar-refractivity contribution in [3.05, 3.63) is 53.8 Å². The summed E-state index contributed by atoms with van der Waals surface area (Å²) in [5.41, 5.74) is 2.33. The molecule has 0 spiro atoms. The Bertz CT molecular complexity index is 799. The number of thioether (sulfide) groups is 1. The molecule has 21 heavy (non-hydrogen) atoms. The zero-order valence-electron chi connectivity index (χ0n) is 11.1. The third kappa shape index (κ3) is 2.90. The van der Waals surface area contributed by atoms with E-state index in [1.165, 1.54) is 36.0 Å². The van der Waals surface area contributed by atoms with Gasteiger partial charge in [0.2, 0.25) is 0 Å². The zero-order chi connectivity index (χ0) is 14.8. The van der Waals surface area contributed by atoms with E-state index in [0.29, 0.717) is 22.1 Å². The smallest absolute Gasteiger partial charge is 0.256 e. The highest BCUT2D eigenvalue weighted by atomic mass is 32.2. The molecule has 106 valence electrons. The molecule has 0 radical (unpaired) electrons. The summed E-state index contributed by atoms with van der Waals surface area (Å²) >= 11 is 1.41. The van der Waals surface area contributed by atoms with Gasteiger partial charge < -0.3 is 9.73 Å². The summed E-state index contributed by atoms with van der Waals surface area (Å²) in [5.74, 6) is -0.682. The molecule has 1 aromatic heterocycles. The van der Waals surface area contributed by atoms with E-state index in [9.17, 15) is 9.18 Å². The predicted molar refractivity (Wildman–Crippen MR) is 80.1 cm³/mol. The van der Waals surface area contributed by atoms with Crippen LogP contribution in [-0.4, -0.2) is 17.1 Å². The number of rotatable bonds is 3. The fourth-order valence-electron chi connectivity index (χ4n) is 1.87. The van der Waals surface area contributed by atoms with Crippen molar-refractivity contribution in [3.8, 4) is 0 Å². The Labute approximate surface area is 124 Å². The summed E-state index contributed by atoms with van der Waals surface area (Å²) in [6, 6.07) is 10.6. The van der Waals surface area contributed by atoms with Crippen LogP contribution >= 0.6 is 11.8 Å². The maximum atomic E-state index is 12.8. The number of anilines is 1. The summed E-state index contributed by atoms with van der Waals surface area (Å²) in [5, 5.41) is 3.32. The van der Waals surface area contributed by atoms with Crippen molar-refractivity contribution in [2.45, 2.75) is 5.22 Å². The van der Waals surface area contributed by atoms with Gasteiger partial charge in [-0.15, -0.1) is 0 Å². The summed E-state index contributed by atoms with van der Waals surface area (Å²) in [7, 11) is 0. The van der Waals surface area contributed by atoms with E-state index in [-0.39, 0.29) is 11.7 Å². The van der Waals surface area contributed by atoms with Gasteiger partial charge in [0.05, 0.1) is 0 Å². The van der Waals surface area contributed by atoms with Crippen LogP contribution < -0.4 is 5.32 Å². The second-order valence-electron chi connectivity index (χ2n) is 4.33. The SMILES string of the molecule is CSc1nc2ccc(NC(=O)c3ccc(F)cc3)cc2o1. The average molecular weight is 302 g/mol. The summed E-state index contributed by atoms with van der Waals surface area (Å²) < 4.78 is 18.3. The first-order chi connectivity index (χ1) is 10.2. The van der Waals surface area contributed by atoms with Crippen LogP contribution in [-0.2, 0) is 0 Å². The molecule has 0 atom stereocenters. The Morgan fingerprint density at radius 3 is 2.71 bits per heavy atom. The van der Waals surface area contributed by atoms with Gasteiger partial charge in [0.1, 0.15) is 11.3 Å². The van der Waals surface area contributed by atoms with Crippen molar-refractivity contribution in [1.29, 1.82) is 0 Å². The fourth-order valence-corrected chi connectivity index (χ4v) is 2.24. The van der Waals surface area contributed by atoms with Crippen molar-refractivity contribution in [2.24, 2.45) is 0 Å². The van der Waals surface area contributed by atoms with Crippen LogP contribution in [0.5, 0.6) is 0 Å². The summed E-state index contributed by atoms with van der Waals surface area (Å²) in [6.45, 7) is 0. The quantitative estimate of drug-likeness (QED) is 0.745. The van der Waals surface area contributed by atoms with E-state index in [4.69, 9.17) is 4.42 Å². The van der Waals surface area contributed by atoms with E-state index in [0.717, 1.165) is 5.52 Å². The topological polar surface area (TPSA) is 55.1 Å². The highest BCUT2D eigenvalue weighted by Crippen LogP contribution is 2.24. The third-order valence-electron chi connectivity index (χ3n) is 2.91.